The highest BCUT2D eigenvalue weighted by molar-refractivity contribution is 6.02. The minimum Gasteiger partial charge on any atom is -0.468 e. The normalized spacial score (nSPS) is 11.9. The number of Topliss-reactive ketones (excluding diaryl/α,β-unsaturated/α-hetero) is 2. The van der Waals surface area contributed by atoms with Gasteiger partial charge in [-0.1, -0.05) is 13.8 Å². The van der Waals surface area contributed by atoms with Gasteiger partial charge in [0, 0.05) is 19.3 Å². The number of ether oxygens (including phenoxy) is 1. The number of methoxy groups -OCH3 is 1. The number of hydrogen-bond donors (Lipinski definition) is 0. The van der Waals surface area contributed by atoms with Gasteiger partial charge in [0.15, 0.2) is 0 Å². The molecule has 0 aliphatic rings. The highest BCUT2D eigenvalue weighted by Gasteiger charge is 2.27. The smallest absolute Gasteiger partial charge is 0.316 e. The average molecular weight is 200 g/mol. The minimum atomic E-state index is -0.905. The molecule has 80 valence electrons. The van der Waals surface area contributed by atoms with E-state index in [2.05, 4.69) is 4.74 Å². The fourth-order valence-corrected chi connectivity index (χ4v) is 1.09. The second kappa shape index (κ2) is 6.29. The maximum atomic E-state index is 11.3. The fourth-order valence-electron chi connectivity index (χ4n) is 1.09. The number of rotatable bonds is 6. The molecule has 4 nitrogen and oxygen atoms in total. The molecule has 0 bridgehead atoms. The van der Waals surface area contributed by atoms with Crippen LogP contribution < -0.4 is 0 Å². The molecule has 0 saturated heterocycles. The van der Waals surface area contributed by atoms with Gasteiger partial charge >= 0.3 is 5.97 Å². The van der Waals surface area contributed by atoms with Gasteiger partial charge in [-0.15, -0.1) is 0 Å². The van der Waals surface area contributed by atoms with Crippen LogP contribution in [0, 0.1) is 5.92 Å². The Bertz CT molecular complexity index is 216. The fraction of sp³-hybridized carbons (Fsp3) is 0.700. The summed E-state index contributed by atoms with van der Waals surface area (Å²) in [6.07, 6.45) is 0.553. The maximum Gasteiger partial charge on any atom is 0.316 e. The molecule has 0 spiro atoms. The number of carbonyl (C=O) groups is 3. The lowest BCUT2D eigenvalue weighted by Gasteiger charge is -2.10. The lowest BCUT2D eigenvalue weighted by atomic mass is 9.95. The summed E-state index contributed by atoms with van der Waals surface area (Å²) in [5.41, 5.74) is 0. The first-order valence-electron chi connectivity index (χ1n) is 4.69. The number of esters is 1. The molecule has 4 heteroatoms. The molecule has 0 N–H and O–H groups in total. The van der Waals surface area contributed by atoms with Crippen molar-refractivity contribution in [3.8, 4) is 0 Å². The average Bonchev–Trinajstić information content (AvgIpc) is 2.23. The molecule has 1 atom stereocenters. The number of hydrogen-bond acceptors (Lipinski definition) is 4. The molecule has 1 unspecified atom stereocenters. The lowest BCUT2D eigenvalue weighted by Crippen LogP contribution is -2.27. The second-order valence-electron chi connectivity index (χ2n) is 2.99. The van der Waals surface area contributed by atoms with Gasteiger partial charge < -0.3 is 4.74 Å². The quantitative estimate of drug-likeness (QED) is 0.476. The van der Waals surface area contributed by atoms with E-state index in [4.69, 9.17) is 0 Å². The van der Waals surface area contributed by atoms with Crippen LogP contribution in [0.1, 0.15) is 33.1 Å². The third-order valence-electron chi connectivity index (χ3n) is 2.05. The van der Waals surface area contributed by atoms with Crippen LogP contribution in [0.15, 0.2) is 0 Å². The summed E-state index contributed by atoms with van der Waals surface area (Å²) in [6.45, 7) is 3.36. The van der Waals surface area contributed by atoms with Gasteiger partial charge in [0.2, 0.25) is 0 Å². The minimum absolute atomic E-state index is 0.0319. The van der Waals surface area contributed by atoms with E-state index in [1.54, 1.807) is 13.8 Å². The first kappa shape index (κ1) is 12.8. The van der Waals surface area contributed by atoms with Gasteiger partial charge in [-0.2, -0.15) is 0 Å². The molecular weight excluding hydrogens is 184 g/mol. The molecule has 0 aromatic rings. The third kappa shape index (κ3) is 3.68. The molecule has 0 aromatic carbocycles. The Hall–Kier alpha value is -1.19. The summed E-state index contributed by atoms with van der Waals surface area (Å²) >= 11 is 0. The van der Waals surface area contributed by atoms with Crippen LogP contribution in [0.25, 0.3) is 0 Å². The Balaban J connectivity index is 4.48. The van der Waals surface area contributed by atoms with Gasteiger partial charge in [0.1, 0.15) is 17.5 Å². The van der Waals surface area contributed by atoms with E-state index in [0.29, 0.717) is 6.42 Å². The highest BCUT2D eigenvalue weighted by Crippen LogP contribution is 2.11. The SMILES string of the molecule is CCC(=O)CC(C(=O)CC)C(=O)OC. The van der Waals surface area contributed by atoms with Crippen molar-refractivity contribution in [2.75, 3.05) is 7.11 Å². The molecular formula is C10H16O4. The molecule has 0 heterocycles. The molecule has 0 fully saturated rings. The maximum absolute atomic E-state index is 11.3. The summed E-state index contributed by atoms with van der Waals surface area (Å²) in [7, 11) is 1.22. The van der Waals surface area contributed by atoms with Crippen molar-refractivity contribution in [1.82, 2.24) is 0 Å². The predicted octanol–water partition coefficient (Wildman–Crippen LogP) is 1.12. The summed E-state index contributed by atoms with van der Waals surface area (Å²) in [4.78, 5) is 33.6. The van der Waals surface area contributed by atoms with E-state index in [1.165, 1.54) is 7.11 Å². The zero-order chi connectivity index (χ0) is 11.1. The van der Waals surface area contributed by atoms with Gasteiger partial charge in [-0.3, -0.25) is 14.4 Å². The van der Waals surface area contributed by atoms with Crippen LogP contribution in [0.4, 0.5) is 0 Å². The Morgan fingerprint density at radius 2 is 1.71 bits per heavy atom. The van der Waals surface area contributed by atoms with E-state index < -0.39 is 11.9 Å². The first-order valence-corrected chi connectivity index (χ1v) is 4.69. The van der Waals surface area contributed by atoms with E-state index in [-0.39, 0.29) is 24.4 Å². The van der Waals surface area contributed by atoms with Crippen molar-refractivity contribution in [3.63, 3.8) is 0 Å². The van der Waals surface area contributed by atoms with Crippen molar-refractivity contribution >= 4 is 17.5 Å². The number of carbonyl (C=O) groups excluding carboxylic acids is 3. The Labute approximate surface area is 83.6 Å². The van der Waals surface area contributed by atoms with E-state index in [0.717, 1.165) is 0 Å². The van der Waals surface area contributed by atoms with Crippen LogP contribution in [0.2, 0.25) is 0 Å². The topological polar surface area (TPSA) is 60.4 Å². The van der Waals surface area contributed by atoms with Crippen molar-refractivity contribution in [2.24, 2.45) is 5.92 Å². The summed E-state index contributed by atoms with van der Waals surface area (Å²) in [5.74, 6) is -1.85. The van der Waals surface area contributed by atoms with Crippen LogP contribution in [-0.4, -0.2) is 24.6 Å². The highest BCUT2D eigenvalue weighted by atomic mass is 16.5. The van der Waals surface area contributed by atoms with Crippen molar-refractivity contribution in [3.05, 3.63) is 0 Å². The second-order valence-corrected chi connectivity index (χ2v) is 2.99. The molecule has 0 aromatic heterocycles. The largest absolute Gasteiger partial charge is 0.468 e. The molecule has 0 saturated carbocycles. The van der Waals surface area contributed by atoms with E-state index in [9.17, 15) is 14.4 Å². The Morgan fingerprint density at radius 3 is 2.07 bits per heavy atom. The Kier molecular flexibility index (Phi) is 5.76. The van der Waals surface area contributed by atoms with Crippen molar-refractivity contribution in [2.45, 2.75) is 33.1 Å². The summed E-state index contributed by atoms with van der Waals surface area (Å²) in [5, 5.41) is 0. The third-order valence-corrected chi connectivity index (χ3v) is 2.05. The predicted molar refractivity (Wildman–Crippen MR) is 50.7 cm³/mol. The first-order chi connectivity index (χ1) is 6.56. The van der Waals surface area contributed by atoms with Crippen molar-refractivity contribution < 1.29 is 19.1 Å². The van der Waals surface area contributed by atoms with Crippen LogP contribution >= 0.6 is 0 Å². The van der Waals surface area contributed by atoms with Crippen LogP contribution in [0.5, 0.6) is 0 Å². The number of ketones is 2. The standard InChI is InChI=1S/C10H16O4/c1-4-7(11)6-8(9(12)5-2)10(13)14-3/h8H,4-6H2,1-3H3. The molecule has 0 amide bonds. The van der Waals surface area contributed by atoms with Gasteiger partial charge in [-0.25, -0.2) is 0 Å². The molecule has 0 aliphatic heterocycles. The van der Waals surface area contributed by atoms with E-state index >= 15 is 0 Å². The molecule has 0 rings (SSSR count). The lowest BCUT2D eigenvalue weighted by molar-refractivity contribution is -0.151. The Morgan fingerprint density at radius 1 is 1.14 bits per heavy atom. The zero-order valence-electron chi connectivity index (χ0n) is 8.83. The summed E-state index contributed by atoms with van der Waals surface area (Å²) in [6, 6.07) is 0. The van der Waals surface area contributed by atoms with Crippen molar-refractivity contribution in [1.29, 1.82) is 0 Å². The summed E-state index contributed by atoms with van der Waals surface area (Å²) < 4.78 is 4.47. The molecule has 0 radical (unpaired) electrons. The van der Waals surface area contributed by atoms with Crippen LogP contribution in [0.3, 0.4) is 0 Å². The van der Waals surface area contributed by atoms with Gasteiger partial charge in [0.25, 0.3) is 0 Å². The molecule has 0 aliphatic carbocycles. The van der Waals surface area contributed by atoms with E-state index in [1.807, 2.05) is 0 Å². The van der Waals surface area contributed by atoms with Crippen LogP contribution in [-0.2, 0) is 19.1 Å². The van der Waals surface area contributed by atoms with Gasteiger partial charge in [-0.05, 0) is 0 Å². The molecule has 14 heavy (non-hydrogen) atoms. The monoisotopic (exact) mass is 200 g/mol. The van der Waals surface area contributed by atoms with Gasteiger partial charge in [0.05, 0.1) is 7.11 Å². The zero-order valence-corrected chi connectivity index (χ0v) is 8.83.